The average molecular weight is 116 g/mol. The minimum atomic E-state index is 0.134. The van der Waals surface area contributed by atoms with E-state index in [1.165, 1.54) is 0 Å². The van der Waals surface area contributed by atoms with E-state index in [1.54, 1.807) is 0 Å². The second kappa shape index (κ2) is 4.74. The molecule has 0 saturated carbocycles. The van der Waals surface area contributed by atoms with Gasteiger partial charge in [-0.1, -0.05) is 0 Å². The minimum absolute atomic E-state index is 0.134. The molecule has 0 fully saturated rings. The highest BCUT2D eigenvalue weighted by Gasteiger charge is 1.88. The number of rotatable bonds is 4. The third kappa shape index (κ3) is 5.59. The third-order valence-corrected chi connectivity index (χ3v) is 0.694. The highest BCUT2D eigenvalue weighted by molar-refractivity contribution is 5.51. The van der Waals surface area contributed by atoms with Crippen molar-refractivity contribution in [2.75, 3.05) is 13.1 Å². The second-order valence-electron chi connectivity index (χ2n) is 1.80. The molecule has 0 aromatic heterocycles. The molecule has 3 N–H and O–H groups in total. The Morgan fingerprint density at radius 1 is 1.88 bits per heavy atom. The van der Waals surface area contributed by atoms with Crippen molar-refractivity contribution >= 4 is 6.29 Å². The van der Waals surface area contributed by atoms with Crippen molar-refractivity contribution in [1.82, 2.24) is 5.32 Å². The van der Waals surface area contributed by atoms with Crippen LogP contribution >= 0.6 is 0 Å². The van der Waals surface area contributed by atoms with Gasteiger partial charge in [0.05, 0.1) is 6.54 Å². The highest BCUT2D eigenvalue weighted by atomic mass is 16.1. The maximum absolute atomic E-state index is 9.68. The van der Waals surface area contributed by atoms with Gasteiger partial charge in [0.15, 0.2) is 0 Å². The molecule has 0 spiro atoms. The van der Waals surface area contributed by atoms with Gasteiger partial charge >= 0.3 is 0 Å². The van der Waals surface area contributed by atoms with Crippen LogP contribution in [0.2, 0.25) is 0 Å². The molecule has 0 aliphatic rings. The molecular formula is C5H12N2O. The van der Waals surface area contributed by atoms with E-state index in [1.807, 2.05) is 6.92 Å². The first-order valence-corrected chi connectivity index (χ1v) is 2.67. The maximum atomic E-state index is 9.68. The van der Waals surface area contributed by atoms with Gasteiger partial charge in [-0.15, -0.1) is 0 Å². The van der Waals surface area contributed by atoms with E-state index in [4.69, 9.17) is 5.73 Å². The third-order valence-electron chi connectivity index (χ3n) is 0.694. The first kappa shape index (κ1) is 7.59. The van der Waals surface area contributed by atoms with Crippen LogP contribution in [0.15, 0.2) is 0 Å². The van der Waals surface area contributed by atoms with Crippen LogP contribution in [0.25, 0.3) is 0 Å². The van der Waals surface area contributed by atoms with Crippen molar-refractivity contribution in [3.8, 4) is 0 Å². The van der Waals surface area contributed by atoms with E-state index < -0.39 is 0 Å². The summed E-state index contributed by atoms with van der Waals surface area (Å²) in [6.07, 6.45) is 0.822. The van der Waals surface area contributed by atoms with E-state index in [0.717, 1.165) is 6.29 Å². The van der Waals surface area contributed by atoms with Gasteiger partial charge in [0.25, 0.3) is 0 Å². The van der Waals surface area contributed by atoms with Crippen molar-refractivity contribution in [1.29, 1.82) is 0 Å². The van der Waals surface area contributed by atoms with E-state index in [0.29, 0.717) is 13.1 Å². The zero-order chi connectivity index (χ0) is 6.41. The number of carbonyl (C=O) groups excluding carboxylic acids is 1. The molecule has 3 heteroatoms. The minimum Gasteiger partial charge on any atom is -0.327 e. The molecule has 0 radical (unpaired) electrons. The Hall–Kier alpha value is -0.410. The van der Waals surface area contributed by atoms with E-state index in [9.17, 15) is 4.79 Å². The lowest BCUT2D eigenvalue weighted by atomic mass is 10.4. The van der Waals surface area contributed by atoms with Gasteiger partial charge in [0, 0.05) is 12.6 Å². The first-order chi connectivity index (χ1) is 3.77. The quantitative estimate of drug-likeness (QED) is 0.370. The van der Waals surface area contributed by atoms with Gasteiger partial charge < -0.3 is 15.8 Å². The summed E-state index contributed by atoms with van der Waals surface area (Å²) >= 11 is 0. The largest absolute Gasteiger partial charge is 0.327 e. The summed E-state index contributed by atoms with van der Waals surface area (Å²) in [6.45, 7) is 3.00. The van der Waals surface area contributed by atoms with Crippen molar-refractivity contribution < 1.29 is 4.79 Å². The maximum Gasteiger partial charge on any atom is 0.133 e. The summed E-state index contributed by atoms with van der Waals surface area (Å²) < 4.78 is 0. The first-order valence-electron chi connectivity index (χ1n) is 2.67. The molecule has 0 heterocycles. The molecule has 48 valence electrons. The van der Waals surface area contributed by atoms with Gasteiger partial charge in [0.2, 0.25) is 0 Å². The van der Waals surface area contributed by atoms with Gasteiger partial charge in [-0.05, 0) is 6.92 Å². The second-order valence-corrected chi connectivity index (χ2v) is 1.80. The van der Waals surface area contributed by atoms with Crippen LogP contribution in [0.5, 0.6) is 0 Å². The number of hydrogen-bond acceptors (Lipinski definition) is 3. The Kier molecular flexibility index (Phi) is 4.50. The molecule has 0 amide bonds. The summed E-state index contributed by atoms with van der Waals surface area (Å²) in [4.78, 5) is 9.68. The van der Waals surface area contributed by atoms with Crippen molar-refractivity contribution in [3.05, 3.63) is 0 Å². The number of nitrogens with one attached hydrogen (secondary N) is 1. The normalized spacial score (nSPS) is 13.2. The molecule has 1 unspecified atom stereocenters. The molecule has 0 bridgehead atoms. The zero-order valence-corrected chi connectivity index (χ0v) is 5.05. The average Bonchev–Trinajstić information content (AvgIpc) is 1.66. The van der Waals surface area contributed by atoms with Crippen molar-refractivity contribution in [2.24, 2.45) is 5.73 Å². The summed E-state index contributed by atoms with van der Waals surface area (Å²) in [6, 6.07) is 0.134. The lowest BCUT2D eigenvalue weighted by Crippen LogP contribution is -2.31. The van der Waals surface area contributed by atoms with Crippen LogP contribution in [0.3, 0.4) is 0 Å². The highest BCUT2D eigenvalue weighted by Crippen LogP contribution is 1.66. The van der Waals surface area contributed by atoms with Crippen LogP contribution in [0.4, 0.5) is 0 Å². The van der Waals surface area contributed by atoms with Crippen LogP contribution in [-0.2, 0) is 4.79 Å². The lowest BCUT2D eigenvalue weighted by Gasteiger charge is -2.01. The van der Waals surface area contributed by atoms with Crippen molar-refractivity contribution in [3.63, 3.8) is 0 Å². The molecule has 0 aliphatic carbocycles. The summed E-state index contributed by atoms with van der Waals surface area (Å²) in [5.74, 6) is 0. The van der Waals surface area contributed by atoms with Gasteiger partial charge in [-0.2, -0.15) is 0 Å². The van der Waals surface area contributed by atoms with E-state index >= 15 is 0 Å². The Balaban J connectivity index is 2.81. The molecule has 0 saturated heterocycles. The predicted molar refractivity (Wildman–Crippen MR) is 32.6 cm³/mol. The number of nitrogens with two attached hydrogens (primary N) is 1. The smallest absolute Gasteiger partial charge is 0.133 e. The molecule has 0 aliphatic heterocycles. The summed E-state index contributed by atoms with van der Waals surface area (Å²) in [5.41, 5.74) is 5.35. The molecule has 1 atom stereocenters. The zero-order valence-electron chi connectivity index (χ0n) is 5.05. The van der Waals surface area contributed by atoms with Crippen molar-refractivity contribution in [2.45, 2.75) is 13.0 Å². The Morgan fingerprint density at radius 3 is 2.88 bits per heavy atom. The Morgan fingerprint density at radius 2 is 2.50 bits per heavy atom. The van der Waals surface area contributed by atoms with Gasteiger partial charge in [-0.3, -0.25) is 0 Å². The molecule has 0 aromatic rings. The molecule has 3 nitrogen and oxygen atoms in total. The Labute approximate surface area is 49.3 Å². The number of carbonyl (C=O) groups is 1. The van der Waals surface area contributed by atoms with Gasteiger partial charge in [-0.25, -0.2) is 0 Å². The standard InChI is InChI=1S/C5H12N2O/c1-5(6)4-7-2-3-8/h3,5,7H,2,4,6H2,1H3. The Bertz CT molecular complexity index is 63.4. The molecular weight excluding hydrogens is 104 g/mol. The topological polar surface area (TPSA) is 55.1 Å². The fraction of sp³-hybridized carbons (Fsp3) is 0.800. The number of hydrogen-bond donors (Lipinski definition) is 2. The van der Waals surface area contributed by atoms with E-state index in [2.05, 4.69) is 5.32 Å². The van der Waals surface area contributed by atoms with Crippen LogP contribution in [0, 0.1) is 0 Å². The molecule has 8 heavy (non-hydrogen) atoms. The molecule has 0 aromatic carbocycles. The fourth-order valence-corrected chi connectivity index (χ4v) is 0.370. The summed E-state index contributed by atoms with van der Waals surface area (Å²) in [7, 11) is 0. The number of aldehydes is 1. The fourth-order valence-electron chi connectivity index (χ4n) is 0.370. The van der Waals surface area contributed by atoms with Crippen LogP contribution < -0.4 is 11.1 Å². The summed E-state index contributed by atoms with van der Waals surface area (Å²) in [5, 5.41) is 2.84. The monoisotopic (exact) mass is 116 g/mol. The predicted octanol–water partition coefficient (Wildman–Crippen LogP) is -0.878. The SMILES string of the molecule is CC(N)CNCC=O. The van der Waals surface area contributed by atoms with Crippen LogP contribution in [0.1, 0.15) is 6.92 Å². The molecule has 0 rings (SSSR count). The van der Waals surface area contributed by atoms with Crippen LogP contribution in [-0.4, -0.2) is 25.4 Å². The van der Waals surface area contributed by atoms with E-state index in [-0.39, 0.29) is 6.04 Å². The lowest BCUT2D eigenvalue weighted by molar-refractivity contribution is -0.107. The van der Waals surface area contributed by atoms with Gasteiger partial charge in [0.1, 0.15) is 6.29 Å².